The predicted molar refractivity (Wildman–Crippen MR) is 84.2 cm³/mol. The number of nitrogens with one attached hydrogen (secondary N) is 1. The maximum Gasteiger partial charge on any atom is 0.124 e. The van der Waals surface area contributed by atoms with Crippen LogP contribution in [0.5, 0.6) is 0 Å². The Balaban J connectivity index is 2.19. The molecule has 2 aromatic rings. The van der Waals surface area contributed by atoms with Crippen molar-refractivity contribution in [3.05, 3.63) is 51.6 Å². The van der Waals surface area contributed by atoms with Gasteiger partial charge in [0.05, 0.1) is 12.2 Å². The summed E-state index contributed by atoms with van der Waals surface area (Å²) in [5.41, 5.74) is 4.24. The Morgan fingerprint density at radius 2 is 2.10 bits per heavy atom. The highest BCUT2D eigenvalue weighted by atomic mass is 35.5. The number of halogens is 2. The largest absolute Gasteiger partial charge is 0.313 e. The van der Waals surface area contributed by atoms with Crippen LogP contribution in [-0.2, 0) is 13.1 Å². The van der Waals surface area contributed by atoms with Crippen molar-refractivity contribution in [2.75, 3.05) is 6.54 Å². The van der Waals surface area contributed by atoms with E-state index in [4.69, 9.17) is 11.6 Å². The summed E-state index contributed by atoms with van der Waals surface area (Å²) < 4.78 is 15.0. The lowest BCUT2D eigenvalue weighted by molar-refractivity contribution is 0.622. The van der Waals surface area contributed by atoms with E-state index in [1.54, 1.807) is 6.07 Å². The third-order valence-electron chi connectivity index (χ3n) is 3.60. The van der Waals surface area contributed by atoms with Crippen LogP contribution >= 0.6 is 11.6 Å². The number of aromatic nitrogens is 2. The third kappa shape index (κ3) is 3.83. The van der Waals surface area contributed by atoms with Crippen LogP contribution in [0, 0.1) is 19.7 Å². The van der Waals surface area contributed by atoms with Gasteiger partial charge in [0.25, 0.3) is 0 Å². The second-order valence-corrected chi connectivity index (χ2v) is 5.63. The Hall–Kier alpha value is -1.39. The smallest absolute Gasteiger partial charge is 0.124 e. The zero-order valence-corrected chi connectivity index (χ0v) is 13.5. The average Bonchev–Trinajstić information content (AvgIpc) is 2.69. The Bertz CT molecular complexity index is 622. The molecular formula is C16H21ClFN3. The summed E-state index contributed by atoms with van der Waals surface area (Å²) in [6, 6.07) is 4.48. The van der Waals surface area contributed by atoms with Crippen LogP contribution in [-0.4, -0.2) is 16.3 Å². The summed E-state index contributed by atoms with van der Waals surface area (Å²) in [7, 11) is 0. The zero-order chi connectivity index (χ0) is 15.4. The molecule has 1 heterocycles. The fourth-order valence-electron chi connectivity index (χ4n) is 2.35. The molecule has 0 amide bonds. The van der Waals surface area contributed by atoms with Gasteiger partial charge in [0.1, 0.15) is 5.82 Å². The van der Waals surface area contributed by atoms with E-state index in [1.807, 2.05) is 11.6 Å². The van der Waals surface area contributed by atoms with E-state index in [9.17, 15) is 4.39 Å². The Kier molecular flexibility index (Phi) is 5.37. The van der Waals surface area contributed by atoms with E-state index in [0.29, 0.717) is 11.6 Å². The molecule has 114 valence electrons. The van der Waals surface area contributed by atoms with Gasteiger partial charge < -0.3 is 5.32 Å². The van der Waals surface area contributed by atoms with E-state index >= 15 is 0 Å². The normalized spacial score (nSPS) is 11.1. The first-order chi connectivity index (χ1) is 10.0. The number of benzene rings is 1. The van der Waals surface area contributed by atoms with E-state index in [-0.39, 0.29) is 5.82 Å². The Morgan fingerprint density at radius 3 is 2.76 bits per heavy atom. The summed E-state index contributed by atoms with van der Waals surface area (Å²) in [6.45, 7) is 8.59. The van der Waals surface area contributed by atoms with Gasteiger partial charge in [-0.15, -0.1) is 0 Å². The van der Waals surface area contributed by atoms with Gasteiger partial charge in [-0.25, -0.2) is 4.39 Å². The molecule has 3 nitrogen and oxygen atoms in total. The molecule has 0 unspecified atom stereocenters. The Labute approximate surface area is 130 Å². The summed E-state index contributed by atoms with van der Waals surface area (Å²) in [6.07, 6.45) is 1.11. The van der Waals surface area contributed by atoms with Gasteiger partial charge >= 0.3 is 0 Å². The number of aryl methyl sites for hydroxylation is 1. The summed E-state index contributed by atoms with van der Waals surface area (Å²) >= 11 is 6.09. The summed E-state index contributed by atoms with van der Waals surface area (Å²) in [4.78, 5) is 0. The van der Waals surface area contributed by atoms with Gasteiger partial charge in [-0.05, 0) is 44.5 Å². The average molecular weight is 310 g/mol. The van der Waals surface area contributed by atoms with Crippen molar-refractivity contribution < 1.29 is 4.39 Å². The van der Waals surface area contributed by atoms with Crippen LogP contribution in [0.25, 0.3) is 0 Å². The SMILES string of the molecule is CCCNCc1c(C)nn(Cc2ccc(F)cc2Cl)c1C. The fraction of sp³-hybridized carbons (Fsp3) is 0.438. The molecule has 0 spiro atoms. The minimum Gasteiger partial charge on any atom is -0.313 e. The molecule has 0 aliphatic rings. The van der Waals surface area contributed by atoms with Crippen LogP contribution in [0.2, 0.25) is 5.02 Å². The highest BCUT2D eigenvalue weighted by Gasteiger charge is 2.12. The standard InChI is InChI=1S/C16H21ClFN3/c1-4-7-19-9-15-11(2)20-21(12(15)3)10-13-5-6-14(18)8-16(13)17/h5-6,8,19H,4,7,9-10H2,1-3H3. The quantitative estimate of drug-likeness (QED) is 0.822. The molecular weight excluding hydrogens is 289 g/mol. The summed E-state index contributed by atoms with van der Waals surface area (Å²) in [5.74, 6) is -0.318. The van der Waals surface area contributed by atoms with E-state index in [1.165, 1.54) is 17.7 Å². The van der Waals surface area contributed by atoms with E-state index in [2.05, 4.69) is 24.3 Å². The third-order valence-corrected chi connectivity index (χ3v) is 3.95. The van der Waals surface area contributed by atoms with Crippen molar-refractivity contribution in [2.24, 2.45) is 0 Å². The van der Waals surface area contributed by atoms with Crippen LogP contribution < -0.4 is 5.32 Å². The van der Waals surface area contributed by atoms with Gasteiger partial charge in [0, 0.05) is 22.8 Å². The maximum absolute atomic E-state index is 13.1. The minimum atomic E-state index is -0.318. The van der Waals surface area contributed by atoms with Crippen molar-refractivity contribution in [3.8, 4) is 0 Å². The molecule has 1 N–H and O–H groups in total. The van der Waals surface area contributed by atoms with Gasteiger partial charge in [-0.2, -0.15) is 5.10 Å². The molecule has 0 atom stereocenters. The van der Waals surface area contributed by atoms with Crippen LogP contribution in [0.4, 0.5) is 4.39 Å². The number of rotatable bonds is 6. The number of hydrogen-bond donors (Lipinski definition) is 1. The molecule has 0 radical (unpaired) electrons. The van der Waals surface area contributed by atoms with Crippen molar-refractivity contribution in [2.45, 2.75) is 40.3 Å². The molecule has 0 bridgehead atoms. The zero-order valence-electron chi connectivity index (χ0n) is 12.7. The van der Waals surface area contributed by atoms with E-state index in [0.717, 1.165) is 36.5 Å². The molecule has 0 saturated heterocycles. The number of nitrogens with zero attached hydrogens (tertiary/aromatic N) is 2. The van der Waals surface area contributed by atoms with Gasteiger partial charge in [0.15, 0.2) is 0 Å². The van der Waals surface area contributed by atoms with Gasteiger partial charge in [-0.1, -0.05) is 24.6 Å². The molecule has 0 fully saturated rings. The highest BCUT2D eigenvalue weighted by Crippen LogP contribution is 2.20. The van der Waals surface area contributed by atoms with Crippen molar-refractivity contribution >= 4 is 11.6 Å². The summed E-state index contributed by atoms with van der Waals surface area (Å²) in [5, 5.41) is 8.41. The van der Waals surface area contributed by atoms with Gasteiger partial charge in [-0.3, -0.25) is 4.68 Å². The first kappa shape index (κ1) is 16.0. The molecule has 2 rings (SSSR count). The molecule has 0 saturated carbocycles. The molecule has 1 aromatic carbocycles. The lowest BCUT2D eigenvalue weighted by Crippen LogP contribution is -2.15. The lowest BCUT2D eigenvalue weighted by atomic mass is 10.2. The molecule has 0 aliphatic heterocycles. The Morgan fingerprint density at radius 1 is 1.33 bits per heavy atom. The van der Waals surface area contributed by atoms with Crippen molar-refractivity contribution in [3.63, 3.8) is 0 Å². The second kappa shape index (κ2) is 7.05. The monoisotopic (exact) mass is 309 g/mol. The maximum atomic E-state index is 13.1. The van der Waals surface area contributed by atoms with E-state index < -0.39 is 0 Å². The van der Waals surface area contributed by atoms with Gasteiger partial charge in [0.2, 0.25) is 0 Å². The first-order valence-electron chi connectivity index (χ1n) is 7.20. The van der Waals surface area contributed by atoms with Crippen LogP contribution in [0.15, 0.2) is 18.2 Å². The van der Waals surface area contributed by atoms with Crippen molar-refractivity contribution in [1.29, 1.82) is 0 Å². The van der Waals surface area contributed by atoms with Crippen molar-refractivity contribution in [1.82, 2.24) is 15.1 Å². The number of hydrogen-bond acceptors (Lipinski definition) is 2. The van der Waals surface area contributed by atoms with Crippen LogP contribution in [0.1, 0.15) is 35.9 Å². The molecule has 21 heavy (non-hydrogen) atoms. The van der Waals surface area contributed by atoms with Crippen LogP contribution in [0.3, 0.4) is 0 Å². The highest BCUT2D eigenvalue weighted by molar-refractivity contribution is 6.31. The minimum absolute atomic E-state index is 0.318. The second-order valence-electron chi connectivity index (χ2n) is 5.22. The molecule has 0 aliphatic carbocycles. The fourth-order valence-corrected chi connectivity index (χ4v) is 2.57. The predicted octanol–water partition coefficient (Wildman–Crippen LogP) is 3.84. The topological polar surface area (TPSA) is 29.9 Å². The first-order valence-corrected chi connectivity index (χ1v) is 7.58. The molecule has 5 heteroatoms. The lowest BCUT2D eigenvalue weighted by Gasteiger charge is -2.08. The molecule has 1 aromatic heterocycles.